The van der Waals surface area contributed by atoms with E-state index in [0.717, 1.165) is 19.0 Å². The number of rotatable bonds is 7. The van der Waals surface area contributed by atoms with Crippen molar-refractivity contribution in [3.8, 4) is 0 Å². The molecule has 3 aromatic carbocycles. The van der Waals surface area contributed by atoms with Crippen molar-refractivity contribution in [1.29, 1.82) is 0 Å². The van der Waals surface area contributed by atoms with Crippen molar-refractivity contribution in [1.82, 2.24) is 0 Å². The van der Waals surface area contributed by atoms with Gasteiger partial charge in [-0.3, -0.25) is 0 Å². The molecule has 0 radical (unpaired) electrons. The Balaban J connectivity index is 1.76. The Morgan fingerprint density at radius 1 is 0.857 bits per heavy atom. The third-order valence-corrected chi connectivity index (χ3v) is 11.5. The fourth-order valence-corrected chi connectivity index (χ4v) is 9.69. The lowest BCUT2D eigenvalue weighted by Gasteiger charge is -2.35. The minimum absolute atomic E-state index is 0.00654. The summed E-state index contributed by atoms with van der Waals surface area (Å²) in [5, 5.41) is 14.5. The Labute approximate surface area is 212 Å². The topological polar surface area (TPSA) is 20.2 Å². The van der Waals surface area contributed by atoms with Gasteiger partial charge in [-0.05, 0) is 80.2 Å². The van der Waals surface area contributed by atoms with Gasteiger partial charge in [-0.25, -0.2) is 0 Å². The molecule has 3 aromatic rings. The van der Waals surface area contributed by atoms with E-state index in [1.807, 2.05) is 0 Å². The average molecular weight is 482 g/mol. The first kappa shape index (κ1) is 25.4. The number of aliphatic hydroxyl groups excluding tert-OH is 1. The van der Waals surface area contributed by atoms with Crippen LogP contribution in [0.15, 0.2) is 126 Å². The van der Waals surface area contributed by atoms with Crippen LogP contribution in [0.5, 0.6) is 0 Å². The van der Waals surface area contributed by atoms with Crippen LogP contribution in [0.2, 0.25) is 0 Å². The minimum atomic E-state index is -1.86. The number of allylic oxidation sites excluding steroid dienone is 5. The smallest absolute Gasteiger partial charge is 0.115 e. The van der Waals surface area contributed by atoms with Crippen LogP contribution in [0.3, 0.4) is 0 Å². The van der Waals surface area contributed by atoms with Crippen LogP contribution >= 0.6 is 7.26 Å². The maximum atomic E-state index is 10.2. The Kier molecular flexibility index (Phi) is 7.90. The van der Waals surface area contributed by atoms with Gasteiger partial charge < -0.3 is 5.11 Å². The molecule has 0 aromatic heterocycles. The molecule has 1 aliphatic carbocycles. The van der Waals surface area contributed by atoms with Gasteiger partial charge in [0.2, 0.25) is 0 Å². The maximum Gasteiger partial charge on any atom is 0.115 e. The first-order valence-corrected chi connectivity index (χ1v) is 14.6. The first-order chi connectivity index (χ1) is 16.8. The summed E-state index contributed by atoms with van der Waals surface area (Å²) in [7, 11) is -1.86. The molecule has 1 unspecified atom stereocenters. The normalized spacial score (nSPS) is 18.8. The van der Waals surface area contributed by atoms with Crippen molar-refractivity contribution in [2.45, 2.75) is 46.6 Å². The lowest BCUT2D eigenvalue weighted by molar-refractivity contribution is 0.116. The summed E-state index contributed by atoms with van der Waals surface area (Å²) in [5.74, 6) is 0. The molecular formula is C33H38OP+. The first-order valence-electron chi connectivity index (χ1n) is 12.6. The molecule has 0 bridgehead atoms. The van der Waals surface area contributed by atoms with E-state index in [9.17, 15) is 5.11 Å². The Morgan fingerprint density at radius 3 is 1.74 bits per heavy atom. The zero-order chi connectivity index (χ0) is 24.9. The van der Waals surface area contributed by atoms with E-state index in [1.54, 1.807) is 0 Å². The molecule has 0 heterocycles. The van der Waals surface area contributed by atoms with Crippen LogP contribution in [0.25, 0.3) is 0 Å². The van der Waals surface area contributed by atoms with Crippen molar-refractivity contribution in [3.63, 3.8) is 0 Å². The molecule has 0 fully saturated rings. The molecule has 4 rings (SSSR count). The summed E-state index contributed by atoms with van der Waals surface area (Å²) in [6.07, 6.45) is 9.33. The summed E-state index contributed by atoms with van der Waals surface area (Å²) in [5.41, 5.74) is 3.94. The molecular weight excluding hydrogens is 443 g/mol. The van der Waals surface area contributed by atoms with Crippen LogP contribution in [0.4, 0.5) is 0 Å². The van der Waals surface area contributed by atoms with Gasteiger partial charge in [0.25, 0.3) is 0 Å². The van der Waals surface area contributed by atoms with Gasteiger partial charge in [0.1, 0.15) is 23.2 Å². The summed E-state index contributed by atoms with van der Waals surface area (Å²) in [6.45, 7) is 8.87. The molecule has 1 N–H and O–H groups in total. The lowest BCUT2D eigenvalue weighted by atomic mass is 9.71. The molecule has 0 saturated heterocycles. The van der Waals surface area contributed by atoms with Gasteiger partial charge in [-0.2, -0.15) is 0 Å². The van der Waals surface area contributed by atoms with Gasteiger partial charge in [-0.1, -0.05) is 91.7 Å². The monoisotopic (exact) mass is 481 g/mol. The molecule has 1 aliphatic rings. The summed E-state index contributed by atoms with van der Waals surface area (Å²) >= 11 is 0. The minimum Gasteiger partial charge on any atom is -0.393 e. The predicted octanol–water partition coefficient (Wildman–Crippen LogP) is 6.98. The second-order valence-corrected chi connectivity index (χ2v) is 14.0. The molecule has 0 amide bonds. The molecule has 35 heavy (non-hydrogen) atoms. The van der Waals surface area contributed by atoms with Gasteiger partial charge in [0, 0.05) is 0 Å². The molecule has 180 valence electrons. The fraction of sp³-hybridized carbons (Fsp3) is 0.273. The van der Waals surface area contributed by atoms with Crippen LogP contribution in [0.1, 0.15) is 40.5 Å². The molecule has 0 aliphatic heterocycles. The van der Waals surface area contributed by atoms with E-state index >= 15 is 0 Å². The van der Waals surface area contributed by atoms with E-state index in [1.165, 1.54) is 32.6 Å². The Hall–Kier alpha value is -2.73. The third-order valence-electron chi connectivity index (χ3n) is 7.27. The van der Waals surface area contributed by atoms with E-state index < -0.39 is 7.26 Å². The second kappa shape index (κ2) is 10.9. The zero-order valence-corrected chi connectivity index (χ0v) is 22.4. The van der Waals surface area contributed by atoms with Gasteiger partial charge in [0.05, 0.1) is 12.3 Å². The van der Waals surface area contributed by atoms with Crippen molar-refractivity contribution < 1.29 is 5.11 Å². The summed E-state index contributed by atoms with van der Waals surface area (Å²) < 4.78 is 0. The lowest BCUT2D eigenvalue weighted by Crippen LogP contribution is -2.33. The summed E-state index contributed by atoms with van der Waals surface area (Å²) in [6, 6.07) is 33.1. The molecule has 1 nitrogen and oxygen atoms in total. The van der Waals surface area contributed by atoms with Crippen LogP contribution in [0, 0.1) is 5.41 Å². The van der Waals surface area contributed by atoms with Crippen molar-refractivity contribution in [2.24, 2.45) is 5.41 Å². The van der Waals surface area contributed by atoms with Crippen LogP contribution < -0.4 is 15.9 Å². The van der Waals surface area contributed by atoms with Crippen molar-refractivity contribution in [2.75, 3.05) is 6.16 Å². The molecule has 1 atom stereocenters. The highest BCUT2D eigenvalue weighted by Gasteiger charge is 2.44. The Bertz CT molecular complexity index is 1110. The standard InChI is InChI=1S/C33H38OP/c1-26(20-21-32-27(2)24-28(34)25-33(32,3)4)22-23-35(29-14-8-5-9-15-29,30-16-10-6-11-17-30)31-18-12-7-13-19-31/h5-22,28,34H,23-25H2,1-4H3/q+1. The third kappa shape index (κ3) is 5.58. The second-order valence-electron chi connectivity index (χ2n) is 10.4. The molecule has 2 heteroatoms. The largest absolute Gasteiger partial charge is 0.393 e. The number of hydrogen-bond donors (Lipinski definition) is 1. The average Bonchev–Trinajstić information content (AvgIpc) is 2.85. The number of aliphatic hydroxyl groups is 1. The quantitative estimate of drug-likeness (QED) is 0.285. The van der Waals surface area contributed by atoms with Crippen LogP contribution in [-0.2, 0) is 0 Å². The van der Waals surface area contributed by atoms with Gasteiger partial charge >= 0.3 is 0 Å². The van der Waals surface area contributed by atoms with E-state index in [2.05, 4.69) is 137 Å². The fourth-order valence-electron chi connectivity index (χ4n) is 5.55. The zero-order valence-electron chi connectivity index (χ0n) is 21.5. The molecule has 0 saturated carbocycles. The number of hydrogen-bond acceptors (Lipinski definition) is 1. The molecule has 0 spiro atoms. The SMILES string of the molecule is CC(C=CC1=C(C)CC(O)CC1(C)C)=CC[P+](c1ccccc1)(c1ccccc1)c1ccccc1. The van der Waals surface area contributed by atoms with Crippen molar-refractivity contribution in [3.05, 3.63) is 126 Å². The Morgan fingerprint density at radius 2 is 1.31 bits per heavy atom. The highest BCUT2D eigenvalue weighted by Crippen LogP contribution is 2.55. The van der Waals surface area contributed by atoms with E-state index in [0.29, 0.717) is 0 Å². The van der Waals surface area contributed by atoms with Gasteiger partial charge in [-0.15, -0.1) is 0 Å². The van der Waals surface area contributed by atoms with Gasteiger partial charge in [0.15, 0.2) is 0 Å². The van der Waals surface area contributed by atoms with Crippen molar-refractivity contribution >= 4 is 23.2 Å². The maximum absolute atomic E-state index is 10.2. The van der Waals surface area contributed by atoms with E-state index in [-0.39, 0.29) is 11.5 Å². The predicted molar refractivity (Wildman–Crippen MR) is 155 cm³/mol. The van der Waals surface area contributed by atoms with Crippen LogP contribution in [-0.4, -0.2) is 17.4 Å². The highest BCUT2D eigenvalue weighted by molar-refractivity contribution is 7.95. The number of benzene rings is 3. The summed E-state index contributed by atoms with van der Waals surface area (Å²) in [4.78, 5) is 0. The highest BCUT2D eigenvalue weighted by atomic mass is 31.2. The van der Waals surface area contributed by atoms with E-state index in [4.69, 9.17) is 0 Å².